The van der Waals surface area contributed by atoms with Gasteiger partial charge < -0.3 is 44.0 Å². The van der Waals surface area contributed by atoms with E-state index in [9.17, 15) is 14.7 Å². The van der Waals surface area contributed by atoms with Gasteiger partial charge in [0.1, 0.15) is 35.2 Å². The maximum Gasteiger partial charge on any atom is 0.407 e. The molecule has 1 aromatic heterocycles. The Morgan fingerprint density at radius 3 is 2.49 bits per heavy atom. The van der Waals surface area contributed by atoms with Crippen LogP contribution in [0.3, 0.4) is 0 Å². The molecule has 0 radical (unpaired) electrons. The van der Waals surface area contributed by atoms with E-state index in [1.807, 2.05) is 37.4 Å². The van der Waals surface area contributed by atoms with E-state index < -0.39 is 46.1 Å². The predicted molar refractivity (Wildman–Crippen MR) is 258 cm³/mol. The van der Waals surface area contributed by atoms with Crippen molar-refractivity contribution in [3.63, 3.8) is 0 Å². The highest BCUT2D eigenvalue weighted by Gasteiger charge is 2.78. The molecule has 6 aliphatic rings. The Morgan fingerprint density at radius 2 is 1.74 bits per heavy atom. The van der Waals surface area contributed by atoms with Crippen molar-refractivity contribution >= 4 is 34.6 Å². The fourth-order valence-electron chi connectivity index (χ4n) is 14.2. The third kappa shape index (κ3) is 6.71. The van der Waals surface area contributed by atoms with Crippen molar-refractivity contribution in [2.75, 3.05) is 72.5 Å². The van der Waals surface area contributed by atoms with Gasteiger partial charge in [0.2, 0.25) is 0 Å². The van der Waals surface area contributed by atoms with Gasteiger partial charge in [-0.15, -0.1) is 0 Å². The standard InChI is InChI=1S/C54H65N5O9/c1-8-34-25-35-28-53(49(61)66-7,45-38(19-23-58(29-34)30-35)37-16-11-12-17-41(37)56-45)40-26-39-42(27-44(40)65-6)57(4)47-52(39)21-24-59-22-14-20-51(9-2,46(52)59)48(68-33(3)60)54(47,63)32-55-50(62)67-31-36-15-10-13-18-43(36)64-5/h10-18,20,25-27,35,46-48,56,63H,8-9,19,21-24,28-32H2,1-7H3,(H,55,62)/t35-,46-,47+,48+,51+,52+,53-,54+/m0/s1. The van der Waals surface area contributed by atoms with Gasteiger partial charge in [-0.25, -0.2) is 4.79 Å². The predicted octanol–water partition coefficient (Wildman–Crippen LogP) is 6.56. The lowest BCUT2D eigenvalue weighted by Crippen LogP contribution is -2.81. The fraction of sp³-hybridized carbons (Fsp3) is 0.500. The van der Waals surface area contributed by atoms with Crippen LogP contribution in [0.4, 0.5) is 10.5 Å². The van der Waals surface area contributed by atoms with Crippen molar-refractivity contribution in [1.82, 2.24) is 20.1 Å². The number of aromatic nitrogens is 1. The number of aliphatic hydroxyl groups is 1. The Kier molecular flexibility index (Phi) is 11.7. The van der Waals surface area contributed by atoms with Gasteiger partial charge in [-0.3, -0.25) is 19.4 Å². The Labute approximate surface area is 398 Å². The minimum absolute atomic E-state index is 0.0120. The topological polar surface area (TPSA) is 155 Å². The van der Waals surface area contributed by atoms with Crippen molar-refractivity contribution in [2.45, 2.75) is 94.1 Å². The molecular weight excluding hydrogens is 863 g/mol. The number of nitrogens with zero attached hydrogens (tertiary/aromatic N) is 3. The lowest BCUT2D eigenvalue weighted by atomic mass is 9.47. The molecule has 360 valence electrons. The molecule has 10 rings (SSSR count). The fourth-order valence-corrected chi connectivity index (χ4v) is 14.2. The number of carbonyl (C=O) groups is 3. The summed E-state index contributed by atoms with van der Waals surface area (Å²) in [4.78, 5) is 53.6. The van der Waals surface area contributed by atoms with Crippen LogP contribution in [0.25, 0.3) is 10.9 Å². The van der Waals surface area contributed by atoms with Gasteiger partial charge in [-0.2, -0.15) is 0 Å². The van der Waals surface area contributed by atoms with Crippen LogP contribution < -0.4 is 19.7 Å². The molecule has 14 nitrogen and oxygen atoms in total. The summed E-state index contributed by atoms with van der Waals surface area (Å²) in [6.45, 7) is 9.22. The molecule has 1 aliphatic carbocycles. The number of methoxy groups -OCH3 is 3. The van der Waals surface area contributed by atoms with Crippen LogP contribution in [0.5, 0.6) is 11.5 Å². The SMILES string of the molecule is CCC1=C[C@@H]2CN(CCc3c([nH]c4ccccc34)[C@@](C(=O)OC)(c3cc4c(cc3OC)N(C)[C@H]3[C@](O)(CNC(=O)OCc5ccccc5OC)[C@H](OC(C)=O)[C@]5(CC)C=CCN6CC[C@]43[C@@H]65)C2)C1. The highest BCUT2D eigenvalue weighted by atomic mass is 16.6. The van der Waals surface area contributed by atoms with Crippen LogP contribution in [0.2, 0.25) is 0 Å². The second-order valence-corrected chi connectivity index (χ2v) is 19.9. The van der Waals surface area contributed by atoms with E-state index in [0.717, 1.165) is 65.9 Å². The van der Waals surface area contributed by atoms with E-state index in [2.05, 4.69) is 81.3 Å². The van der Waals surface area contributed by atoms with Crippen LogP contribution >= 0.6 is 0 Å². The molecule has 1 spiro atoms. The Hall–Kier alpha value is -5.83. The van der Waals surface area contributed by atoms with Crippen molar-refractivity contribution in [3.05, 3.63) is 112 Å². The largest absolute Gasteiger partial charge is 0.496 e. The monoisotopic (exact) mass is 927 g/mol. The summed E-state index contributed by atoms with van der Waals surface area (Å²) in [6.07, 6.45) is 8.08. The van der Waals surface area contributed by atoms with Gasteiger partial charge in [-0.05, 0) is 73.9 Å². The number of rotatable bonds is 11. The van der Waals surface area contributed by atoms with Crippen LogP contribution in [-0.2, 0) is 47.7 Å². The van der Waals surface area contributed by atoms with Gasteiger partial charge in [0.15, 0.2) is 0 Å². The maximum atomic E-state index is 15.5. The molecule has 5 aliphatic heterocycles. The molecule has 1 unspecified atom stereocenters. The van der Waals surface area contributed by atoms with E-state index in [-0.39, 0.29) is 31.1 Å². The lowest BCUT2D eigenvalue weighted by molar-refractivity contribution is -0.217. The minimum Gasteiger partial charge on any atom is -0.496 e. The van der Waals surface area contributed by atoms with Crippen molar-refractivity contribution in [3.8, 4) is 11.5 Å². The first kappa shape index (κ1) is 45.9. The molecule has 1 saturated heterocycles. The first-order valence-electron chi connectivity index (χ1n) is 24.2. The summed E-state index contributed by atoms with van der Waals surface area (Å²) >= 11 is 0. The number of benzene rings is 3. The number of esters is 2. The molecule has 68 heavy (non-hydrogen) atoms. The number of ether oxygens (including phenoxy) is 5. The quantitative estimate of drug-likeness (QED) is 0.0849. The van der Waals surface area contributed by atoms with Gasteiger partial charge in [0.05, 0.1) is 33.9 Å². The van der Waals surface area contributed by atoms with Gasteiger partial charge in [-0.1, -0.05) is 74.0 Å². The number of aromatic amines is 1. The molecule has 2 bridgehead atoms. The number of hydrogen-bond donors (Lipinski definition) is 3. The third-order valence-corrected chi connectivity index (χ3v) is 16.7. The number of para-hydroxylation sites is 2. The highest BCUT2D eigenvalue weighted by Crippen LogP contribution is 2.68. The van der Waals surface area contributed by atoms with Crippen molar-refractivity contribution < 1.29 is 43.2 Å². The molecule has 14 heteroatoms. The number of hydrogen-bond acceptors (Lipinski definition) is 12. The molecule has 3 aromatic carbocycles. The summed E-state index contributed by atoms with van der Waals surface area (Å²) in [7, 11) is 6.65. The average Bonchev–Trinajstić information content (AvgIpc) is 4.02. The summed E-state index contributed by atoms with van der Waals surface area (Å²) < 4.78 is 30.2. The van der Waals surface area contributed by atoms with Gasteiger partial charge in [0.25, 0.3) is 0 Å². The minimum atomic E-state index is -1.88. The molecular formula is C54H65N5O9. The highest BCUT2D eigenvalue weighted by molar-refractivity contribution is 5.94. The number of carbonyl (C=O) groups excluding carboxylic acids is 3. The van der Waals surface area contributed by atoms with Gasteiger partial charge in [0, 0.05) is 96.5 Å². The van der Waals surface area contributed by atoms with E-state index in [4.69, 9.17) is 23.7 Å². The summed E-state index contributed by atoms with van der Waals surface area (Å²) in [5.74, 6) is 0.205. The number of H-pyrrole nitrogens is 1. The van der Waals surface area contributed by atoms with E-state index in [0.29, 0.717) is 55.0 Å². The first-order chi connectivity index (χ1) is 32.8. The third-order valence-electron chi connectivity index (χ3n) is 16.7. The zero-order valence-corrected chi connectivity index (χ0v) is 40.4. The molecule has 2 fully saturated rings. The van der Waals surface area contributed by atoms with Crippen LogP contribution in [-0.4, -0.2) is 129 Å². The molecule has 4 aromatic rings. The second kappa shape index (κ2) is 17.3. The molecule has 9 atom stereocenters. The smallest absolute Gasteiger partial charge is 0.407 e. The zero-order valence-electron chi connectivity index (χ0n) is 40.4. The number of alkyl carbamates (subject to hydrolysis) is 1. The first-order valence-corrected chi connectivity index (χ1v) is 24.2. The summed E-state index contributed by atoms with van der Waals surface area (Å²) in [6, 6.07) is 18.8. The van der Waals surface area contributed by atoms with Crippen LogP contribution in [0, 0.1) is 11.3 Å². The summed E-state index contributed by atoms with van der Waals surface area (Å²) in [5, 5.41) is 18.0. The van der Waals surface area contributed by atoms with Crippen LogP contribution in [0.1, 0.15) is 74.4 Å². The zero-order chi connectivity index (χ0) is 47.8. The second-order valence-electron chi connectivity index (χ2n) is 19.9. The molecule has 1 saturated carbocycles. The number of likely N-dealkylation sites (N-methyl/N-ethyl adjacent to an activating group) is 1. The summed E-state index contributed by atoms with van der Waals surface area (Å²) in [5.41, 5.74) is 2.45. The number of amides is 1. The Balaban J connectivity index is 1.18. The van der Waals surface area contributed by atoms with E-state index in [1.165, 1.54) is 19.6 Å². The average molecular weight is 928 g/mol. The van der Waals surface area contributed by atoms with Gasteiger partial charge >= 0.3 is 18.0 Å². The number of nitrogens with one attached hydrogen (secondary N) is 2. The number of fused-ring (bicyclic) bond motifs is 6. The Bertz CT molecular complexity index is 2710. The molecule has 3 N–H and O–H groups in total. The maximum absolute atomic E-state index is 15.5. The van der Waals surface area contributed by atoms with Crippen molar-refractivity contribution in [1.29, 1.82) is 0 Å². The lowest BCUT2D eigenvalue weighted by Gasteiger charge is -2.64. The normalized spacial score (nSPS) is 31.2. The van der Waals surface area contributed by atoms with E-state index in [1.54, 1.807) is 20.3 Å². The van der Waals surface area contributed by atoms with Crippen molar-refractivity contribution in [2.24, 2.45) is 11.3 Å². The molecule has 6 heterocycles. The Morgan fingerprint density at radius 1 is 0.956 bits per heavy atom. The number of anilines is 1. The molecule has 1 amide bonds. The van der Waals surface area contributed by atoms with E-state index >= 15 is 4.79 Å². The van der Waals surface area contributed by atoms with Crippen LogP contribution in [0.15, 0.2) is 84.5 Å².